The van der Waals surface area contributed by atoms with Gasteiger partial charge >= 0.3 is 0 Å². The number of carbonyl (C=O) groups is 1. The normalized spacial score (nSPS) is 9.87. The Morgan fingerprint density at radius 1 is 1.40 bits per heavy atom. The molecule has 0 atom stereocenters. The van der Waals surface area contributed by atoms with Crippen LogP contribution in [0.3, 0.4) is 0 Å². The molecule has 1 aromatic rings. The molecule has 15 heavy (non-hydrogen) atoms. The third kappa shape index (κ3) is 2.70. The number of aryl methyl sites for hydroxylation is 2. The van der Waals surface area contributed by atoms with Crippen molar-refractivity contribution in [2.45, 2.75) is 13.8 Å². The number of carbonyl (C=O) groups excluding carboxylic acids is 1. The highest BCUT2D eigenvalue weighted by atomic mass is 16.5. The maximum atomic E-state index is 11.2. The van der Waals surface area contributed by atoms with E-state index in [0.29, 0.717) is 11.4 Å². The molecule has 0 spiro atoms. The summed E-state index contributed by atoms with van der Waals surface area (Å²) in [4.78, 5) is 11.2. The molecular formula is C11H16N2O2. The van der Waals surface area contributed by atoms with Gasteiger partial charge in [-0.2, -0.15) is 0 Å². The van der Waals surface area contributed by atoms with Crippen LogP contribution < -0.4 is 15.8 Å². The summed E-state index contributed by atoms with van der Waals surface area (Å²) >= 11 is 0. The van der Waals surface area contributed by atoms with Crippen LogP contribution in [0.2, 0.25) is 0 Å². The van der Waals surface area contributed by atoms with Crippen LogP contribution in [0.4, 0.5) is 5.69 Å². The van der Waals surface area contributed by atoms with E-state index in [1.54, 1.807) is 7.11 Å². The molecule has 0 unspecified atom stereocenters. The van der Waals surface area contributed by atoms with E-state index in [1.165, 1.54) is 0 Å². The number of hydrogen-bond acceptors (Lipinski definition) is 3. The lowest BCUT2D eigenvalue weighted by molar-refractivity contribution is -0.114. The molecule has 82 valence electrons. The lowest BCUT2D eigenvalue weighted by atomic mass is 10.1. The molecule has 4 nitrogen and oxygen atoms in total. The summed E-state index contributed by atoms with van der Waals surface area (Å²) in [7, 11) is 1.57. The van der Waals surface area contributed by atoms with E-state index < -0.39 is 0 Å². The number of hydrogen-bond donors (Lipinski definition) is 2. The molecule has 0 aliphatic rings. The van der Waals surface area contributed by atoms with Crippen LogP contribution in [0.15, 0.2) is 12.1 Å². The molecule has 0 aliphatic carbocycles. The zero-order chi connectivity index (χ0) is 11.4. The summed E-state index contributed by atoms with van der Waals surface area (Å²) in [5.74, 6) is 0.427. The molecule has 0 aromatic heterocycles. The second-order valence-corrected chi connectivity index (χ2v) is 3.39. The first-order valence-electron chi connectivity index (χ1n) is 4.73. The number of nitrogens with two attached hydrogens (primary N) is 1. The fourth-order valence-electron chi connectivity index (χ4n) is 1.26. The van der Waals surface area contributed by atoms with Crippen LogP contribution in [0.5, 0.6) is 5.75 Å². The van der Waals surface area contributed by atoms with Crippen molar-refractivity contribution < 1.29 is 9.53 Å². The van der Waals surface area contributed by atoms with E-state index in [1.807, 2.05) is 26.0 Å². The quantitative estimate of drug-likeness (QED) is 0.784. The van der Waals surface area contributed by atoms with E-state index in [-0.39, 0.29) is 12.5 Å². The van der Waals surface area contributed by atoms with Crippen molar-refractivity contribution in [3.8, 4) is 5.75 Å². The van der Waals surface area contributed by atoms with Gasteiger partial charge in [0.05, 0.1) is 19.3 Å². The highest BCUT2D eigenvalue weighted by Gasteiger charge is 2.07. The Kier molecular flexibility index (Phi) is 3.68. The van der Waals surface area contributed by atoms with Gasteiger partial charge in [-0.3, -0.25) is 4.79 Å². The summed E-state index contributed by atoms with van der Waals surface area (Å²) in [6.07, 6.45) is 0. The average Bonchev–Trinajstić information content (AvgIpc) is 2.22. The third-order valence-corrected chi connectivity index (χ3v) is 2.28. The van der Waals surface area contributed by atoms with Crippen molar-refractivity contribution in [2.24, 2.45) is 5.73 Å². The van der Waals surface area contributed by atoms with E-state index in [9.17, 15) is 4.79 Å². The van der Waals surface area contributed by atoms with Gasteiger partial charge in [0.2, 0.25) is 5.91 Å². The van der Waals surface area contributed by atoms with Crippen molar-refractivity contribution in [2.75, 3.05) is 19.0 Å². The SMILES string of the molecule is COc1cc(C)c(C)cc1NC(=O)CN. The molecule has 0 bridgehead atoms. The van der Waals surface area contributed by atoms with Gasteiger partial charge in [-0.15, -0.1) is 0 Å². The summed E-state index contributed by atoms with van der Waals surface area (Å²) in [5.41, 5.74) is 8.11. The summed E-state index contributed by atoms with van der Waals surface area (Å²) in [6, 6.07) is 3.77. The van der Waals surface area contributed by atoms with E-state index >= 15 is 0 Å². The molecule has 0 radical (unpaired) electrons. The number of amides is 1. The first-order valence-corrected chi connectivity index (χ1v) is 4.73. The Labute approximate surface area is 89.4 Å². The maximum Gasteiger partial charge on any atom is 0.238 e. The molecular weight excluding hydrogens is 192 g/mol. The molecule has 0 fully saturated rings. The second kappa shape index (κ2) is 4.79. The second-order valence-electron chi connectivity index (χ2n) is 3.39. The standard InChI is InChI=1S/C11H16N2O2/c1-7-4-9(13-11(14)6-12)10(15-3)5-8(7)2/h4-5H,6,12H2,1-3H3,(H,13,14). The maximum absolute atomic E-state index is 11.2. The molecule has 3 N–H and O–H groups in total. The Hall–Kier alpha value is -1.55. The lowest BCUT2D eigenvalue weighted by Gasteiger charge is -2.12. The van der Waals surface area contributed by atoms with Crippen molar-refractivity contribution >= 4 is 11.6 Å². The third-order valence-electron chi connectivity index (χ3n) is 2.28. The number of methoxy groups -OCH3 is 1. The monoisotopic (exact) mass is 208 g/mol. The van der Waals surface area contributed by atoms with Crippen molar-refractivity contribution in [3.63, 3.8) is 0 Å². The molecule has 1 aromatic carbocycles. The zero-order valence-corrected chi connectivity index (χ0v) is 9.26. The van der Waals surface area contributed by atoms with E-state index in [2.05, 4.69) is 5.32 Å². The zero-order valence-electron chi connectivity index (χ0n) is 9.26. The highest BCUT2D eigenvalue weighted by Crippen LogP contribution is 2.27. The molecule has 1 rings (SSSR count). The molecule has 1 amide bonds. The number of benzene rings is 1. The van der Waals surface area contributed by atoms with Gasteiger partial charge in [-0.1, -0.05) is 0 Å². The van der Waals surface area contributed by atoms with Gasteiger partial charge in [0.25, 0.3) is 0 Å². The minimum atomic E-state index is -0.225. The summed E-state index contributed by atoms with van der Waals surface area (Å²) in [6.45, 7) is 3.94. The van der Waals surface area contributed by atoms with Gasteiger partial charge in [0.1, 0.15) is 5.75 Å². The molecule has 0 heterocycles. The molecule has 0 saturated carbocycles. The van der Waals surface area contributed by atoms with Gasteiger partial charge < -0.3 is 15.8 Å². The first kappa shape index (κ1) is 11.5. The van der Waals surface area contributed by atoms with Gasteiger partial charge in [-0.25, -0.2) is 0 Å². The Morgan fingerprint density at radius 3 is 2.53 bits per heavy atom. The molecule has 4 heteroatoms. The number of anilines is 1. The fourth-order valence-corrected chi connectivity index (χ4v) is 1.26. The number of nitrogens with one attached hydrogen (secondary N) is 1. The largest absolute Gasteiger partial charge is 0.495 e. The highest BCUT2D eigenvalue weighted by molar-refractivity contribution is 5.93. The Morgan fingerprint density at radius 2 is 2.00 bits per heavy atom. The van der Waals surface area contributed by atoms with Gasteiger partial charge in [-0.05, 0) is 37.1 Å². The van der Waals surface area contributed by atoms with E-state index in [0.717, 1.165) is 11.1 Å². The van der Waals surface area contributed by atoms with E-state index in [4.69, 9.17) is 10.5 Å². The average molecular weight is 208 g/mol. The van der Waals surface area contributed by atoms with Crippen molar-refractivity contribution in [1.29, 1.82) is 0 Å². The van der Waals surface area contributed by atoms with Crippen LogP contribution in [0, 0.1) is 13.8 Å². The van der Waals surface area contributed by atoms with Crippen LogP contribution in [-0.2, 0) is 4.79 Å². The van der Waals surface area contributed by atoms with Gasteiger partial charge in [0.15, 0.2) is 0 Å². The topological polar surface area (TPSA) is 64.3 Å². The number of ether oxygens (including phenoxy) is 1. The smallest absolute Gasteiger partial charge is 0.238 e. The lowest BCUT2D eigenvalue weighted by Crippen LogP contribution is -2.22. The Bertz CT molecular complexity index is 375. The molecule has 0 aliphatic heterocycles. The molecule has 0 saturated heterocycles. The minimum Gasteiger partial charge on any atom is -0.495 e. The van der Waals surface area contributed by atoms with Crippen LogP contribution in [-0.4, -0.2) is 19.6 Å². The first-order chi connectivity index (χ1) is 7.08. The van der Waals surface area contributed by atoms with Gasteiger partial charge in [0, 0.05) is 0 Å². The van der Waals surface area contributed by atoms with Crippen LogP contribution >= 0.6 is 0 Å². The number of rotatable bonds is 3. The summed E-state index contributed by atoms with van der Waals surface area (Å²) < 4.78 is 5.17. The summed E-state index contributed by atoms with van der Waals surface area (Å²) in [5, 5.41) is 2.69. The predicted octanol–water partition coefficient (Wildman–Crippen LogP) is 1.21. The van der Waals surface area contributed by atoms with Crippen molar-refractivity contribution in [1.82, 2.24) is 0 Å². The van der Waals surface area contributed by atoms with Crippen LogP contribution in [0.1, 0.15) is 11.1 Å². The predicted molar refractivity (Wildman–Crippen MR) is 60.2 cm³/mol. The van der Waals surface area contributed by atoms with Crippen molar-refractivity contribution in [3.05, 3.63) is 23.3 Å². The fraction of sp³-hybridized carbons (Fsp3) is 0.364. The minimum absolute atomic E-state index is 0.0317. The van der Waals surface area contributed by atoms with Crippen LogP contribution in [0.25, 0.3) is 0 Å². The Balaban J connectivity index is 3.05.